The van der Waals surface area contributed by atoms with Gasteiger partial charge in [0.1, 0.15) is 0 Å². The van der Waals surface area contributed by atoms with Crippen LogP contribution >= 0.6 is 0 Å². The second kappa shape index (κ2) is 5.43. The van der Waals surface area contributed by atoms with E-state index in [1.165, 1.54) is 24.0 Å². The molecule has 6 bridgehead atoms. The third-order valence-corrected chi connectivity index (χ3v) is 5.55. The lowest BCUT2D eigenvalue weighted by atomic mass is 9.85. The van der Waals surface area contributed by atoms with E-state index in [1.807, 2.05) is 0 Å². The minimum atomic E-state index is 1.13. The molecule has 0 nitrogen and oxygen atoms in total. The van der Waals surface area contributed by atoms with Crippen LogP contribution in [0.3, 0.4) is 0 Å². The first-order valence-corrected chi connectivity index (χ1v) is 8.55. The summed E-state index contributed by atoms with van der Waals surface area (Å²) in [4.78, 5) is 0. The SMILES string of the molecule is C/C1=C(\C)Cc2cc3ccc2CCc2ccc(cc2C1)CC3. The summed E-state index contributed by atoms with van der Waals surface area (Å²) in [6, 6.07) is 14.4. The van der Waals surface area contributed by atoms with Gasteiger partial charge in [-0.1, -0.05) is 47.5 Å². The number of hydrogen-bond donors (Lipinski definition) is 0. The molecule has 2 aromatic carbocycles. The highest BCUT2D eigenvalue weighted by Crippen LogP contribution is 2.27. The van der Waals surface area contributed by atoms with Crippen LogP contribution in [0.2, 0.25) is 0 Å². The number of aryl methyl sites for hydroxylation is 4. The Kier molecular flexibility index (Phi) is 3.41. The predicted octanol–water partition coefficient (Wildman–Crippen LogP) is 5.01. The maximum absolute atomic E-state index is 2.47. The van der Waals surface area contributed by atoms with Crippen molar-refractivity contribution in [1.82, 2.24) is 0 Å². The minimum Gasteiger partial charge on any atom is -0.0697 e. The van der Waals surface area contributed by atoms with Gasteiger partial charge in [-0.15, -0.1) is 0 Å². The maximum atomic E-state index is 2.47. The molecule has 0 heteroatoms. The van der Waals surface area contributed by atoms with Gasteiger partial charge in [-0.05, 0) is 85.8 Å². The molecule has 0 atom stereocenters. The Morgan fingerprint density at radius 2 is 1.00 bits per heavy atom. The summed E-state index contributed by atoms with van der Waals surface area (Å²) in [6.45, 7) is 4.64. The third-order valence-electron chi connectivity index (χ3n) is 5.55. The molecular weight excluding hydrogens is 264 g/mol. The van der Waals surface area contributed by atoms with Gasteiger partial charge in [0.05, 0.1) is 0 Å². The first kappa shape index (κ1) is 13.8. The predicted molar refractivity (Wildman–Crippen MR) is 93.5 cm³/mol. The van der Waals surface area contributed by atoms with Crippen LogP contribution in [0.15, 0.2) is 47.5 Å². The Bertz CT molecular complexity index is 696. The molecular formula is C22H24. The third kappa shape index (κ3) is 2.52. The lowest BCUT2D eigenvalue weighted by Gasteiger charge is -2.20. The highest BCUT2D eigenvalue weighted by molar-refractivity contribution is 5.42. The standard InChI is InChI=1S/C22H24/c1-15-11-21-13-17-3-4-18-6-8-20(10-9-19(21)7-5-17)22(14-18)12-16(15)2/h5-8,13-14H,3-4,9-12H2,1-2H3/b16-15-. The molecule has 0 fully saturated rings. The molecule has 0 aliphatic heterocycles. The molecule has 0 radical (unpaired) electrons. The molecule has 0 aromatic heterocycles. The zero-order valence-corrected chi connectivity index (χ0v) is 13.7. The van der Waals surface area contributed by atoms with Crippen molar-refractivity contribution in [3.05, 3.63) is 80.9 Å². The molecule has 22 heavy (non-hydrogen) atoms. The number of benzene rings is 2. The maximum Gasteiger partial charge on any atom is -0.00644 e. The second-order valence-electron chi connectivity index (χ2n) is 7.12. The zero-order valence-electron chi connectivity index (χ0n) is 13.7. The monoisotopic (exact) mass is 288 g/mol. The topological polar surface area (TPSA) is 0 Å². The quantitative estimate of drug-likeness (QED) is 0.598. The van der Waals surface area contributed by atoms with Crippen LogP contribution in [0, 0.1) is 0 Å². The highest BCUT2D eigenvalue weighted by atomic mass is 14.2. The van der Waals surface area contributed by atoms with Crippen LogP contribution < -0.4 is 0 Å². The molecule has 0 heterocycles. The largest absolute Gasteiger partial charge is 0.0697 e. The molecule has 0 spiro atoms. The molecule has 2 aromatic rings. The van der Waals surface area contributed by atoms with E-state index in [4.69, 9.17) is 0 Å². The molecule has 0 N–H and O–H groups in total. The van der Waals surface area contributed by atoms with E-state index in [1.54, 1.807) is 33.4 Å². The summed E-state index contributed by atoms with van der Waals surface area (Å²) >= 11 is 0. The van der Waals surface area contributed by atoms with Crippen LogP contribution in [0.25, 0.3) is 0 Å². The summed E-state index contributed by atoms with van der Waals surface area (Å²) < 4.78 is 0. The molecule has 0 unspecified atom stereocenters. The van der Waals surface area contributed by atoms with Crippen molar-refractivity contribution in [3.63, 3.8) is 0 Å². The number of rotatable bonds is 0. The molecule has 0 amide bonds. The summed E-state index contributed by atoms with van der Waals surface area (Å²) in [6.07, 6.45) is 6.93. The van der Waals surface area contributed by atoms with Gasteiger partial charge in [-0.25, -0.2) is 0 Å². The van der Waals surface area contributed by atoms with E-state index in [0.717, 1.165) is 25.7 Å². The Morgan fingerprint density at radius 3 is 1.45 bits per heavy atom. The van der Waals surface area contributed by atoms with Crippen molar-refractivity contribution in [1.29, 1.82) is 0 Å². The smallest absolute Gasteiger partial charge is 0.00644 e. The van der Waals surface area contributed by atoms with E-state index in [0.29, 0.717) is 0 Å². The molecule has 112 valence electrons. The molecule has 0 saturated heterocycles. The average molecular weight is 288 g/mol. The van der Waals surface area contributed by atoms with Gasteiger partial charge >= 0.3 is 0 Å². The Morgan fingerprint density at radius 1 is 0.545 bits per heavy atom. The van der Waals surface area contributed by atoms with Gasteiger partial charge in [0.2, 0.25) is 0 Å². The van der Waals surface area contributed by atoms with Crippen LogP contribution in [-0.4, -0.2) is 0 Å². The van der Waals surface area contributed by atoms with E-state index >= 15 is 0 Å². The highest BCUT2D eigenvalue weighted by Gasteiger charge is 2.14. The summed E-state index contributed by atoms with van der Waals surface area (Å²) in [5.74, 6) is 0. The molecule has 8 rings (SSSR count). The number of allylic oxidation sites excluding steroid dienone is 2. The van der Waals surface area contributed by atoms with Gasteiger partial charge in [-0.2, -0.15) is 0 Å². The van der Waals surface area contributed by atoms with Gasteiger partial charge in [0, 0.05) is 0 Å². The molecule has 6 aliphatic carbocycles. The number of hydrogen-bond acceptors (Lipinski definition) is 0. The Balaban J connectivity index is 1.97. The lowest BCUT2D eigenvalue weighted by Crippen LogP contribution is -2.08. The Labute approximate surface area is 133 Å². The first-order chi connectivity index (χ1) is 10.7. The normalized spacial score (nSPS) is 20.5. The van der Waals surface area contributed by atoms with Gasteiger partial charge < -0.3 is 0 Å². The van der Waals surface area contributed by atoms with Gasteiger partial charge in [0.15, 0.2) is 0 Å². The van der Waals surface area contributed by atoms with Gasteiger partial charge in [0.25, 0.3) is 0 Å². The minimum absolute atomic E-state index is 1.13. The van der Waals surface area contributed by atoms with Crippen molar-refractivity contribution < 1.29 is 0 Å². The van der Waals surface area contributed by atoms with Crippen LogP contribution in [0.4, 0.5) is 0 Å². The van der Waals surface area contributed by atoms with E-state index in [2.05, 4.69) is 50.2 Å². The fourth-order valence-corrected chi connectivity index (χ4v) is 3.92. The van der Waals surface area contributed by atoms with Gasteiger partial charge in [-0.3, -0.25) is 0 Å². The summed E-state index contributed by atoms with van der Waals surface area (Å²) in [5, 5.41) is 0. The fourth-order valence-electron chi connectivity index (χ4n) is 3.92. The summed E-state index contributed by atoms with van der Waals surface area (Å²) in [5.41, 5.74) is 12.3. The van der Waals surface area contributed by atoms with Crippen LogP contribution in [-0.2, 0) is 38.5 Å². The zero-order chi connectivity index (χ0) is 15.1. The fraction of sp³-hybridized carbons (Fsp3) is 0.364. The second-order valence-corrected chi connectivity index (χ2v) is 7.12. The molecule has 6 aliphatic rings. The van der Waals surface area contributed by atoms with Crippen molar-refractivity contribution in [2.75, 3.05) is 0 Å². The first-order valence-electron chi connectivity index (χ1n) is 8.55. The van der Waals surface area contributed by atoms with Crippen molar-refractivity contribution in [2.24, 2.45) is 0 Å². The Hall–Kier alpha value is -1.82. The van der Waals surface area contributed by atoms with Crippen molar-refractivity contribution >= 4 is 0 Å². The summed E-state index contributed by atoms with van der Waals surface area (Å²) in [7, 11) is 0. The number of fused-ring (bicyclic) bond motifs is 2. The lowest BCUT2D eigenvalue weighted by molar-refractivity contribution is 0.867. The van der Waals surface area contributed by atoms with Crippen molar-refractivity contribution in [3.8, 4) is 0 Å². The van der Waals surface area contributed by atoms with E-state index in [9.17, 15) is 0 Å². The van der Waals surface area contributed by atoms with Crippen molar-refractivity contribution in [2.45, 2.75) is 52.4 Å². The van der Waals surface area contributed by atoms with E-state index < -0.39 is 0 Å². The average Bonchev–Trinajstić information content (AvgIpc) is 2.50. The van der Waals surface area contributed by atoms with E-state index in [-0.39, 0.29) is 0 Å². The molecule has 0 saturated carbocycles. The van der Waals surface area contributed by atoms with Crippen LogP contribution in [0.1, 0.15) is 47.2 Å². The van der Waals surface area contributed by atoms with Crippen LogP contribution in [0.5, 0.6) is 0 Å².